The first kappa shape index (κ1) is 42.6. The van der Waals surface area contributed by atoms with E-state index in [1.165, 1.54) is 85.8 Å². The molecule has 5 aromatic rings. The molecule has 1 radical (unpaired) electrons. The summed E-state index contributed by atoms with van der Waals surface area (Å²) in [7, 11) is -4.75. The second kappa shape index (κ2) is 17.3. The van der Waals surface area contributed by atoms with E-state index >= 15 is 0 Å². The molecule has 17 heteroatoms. The Balaban J connectivity index is 0.000000217. The summed E-state index contributed by atoms with van der Waals surface area (Å²) in [6, 6.07) is 24.4. The Hall–Kier alpha value is -6.59. The van der Waals surface area contributed by atoms with Crippen LogP contribution in [0, 0.1) is 6.92 Å². The molecule has 0 unspecified atom stereocenters. The van der Waals surface area contributed by atoms with E-state index in [1.807, 2.05) is 0 Å². The number of nitrogens with zero attached hydrogens (tertiary/aromatic N) is 2. The standard InChI is InChI=1S/C22H13O6.C19H14N3O6S.Y/c1-11(23)12-2-5-15(18(8-12)22(26)27)21-16-6-3-13(24)9-19(16)28-20-10-14(25)4-7-17(20)21;1-11(24)20-15-4-2-3-13-9-16(29(26,27)28)18(19(25)17(13)15)22-21-14-7-5-12(10-23)6-8-14;/h2-10,24H,1H2,(H,26,27);2-9,25H,1H3,(H,20,24)(H,26,27,28);/q2*-1;. The minimum Gasteiger partial charge on any atom is -0.508 e. The predicted molar refractivity (Wildman–Crippen MR) is 208 cm³/mol. The van der Waals surface area contributed by atoms with Crippen LogP contribution in [-0.2, 0) is 52.4 Å². The molecule has 0 fully saturated rings. The number of phenolic OH excluding ortho intramolecular Hbond substituents is 2. The summed E-state index contributed by atoms with van der Waals surface area (Å²) in [5, 5.41) is 41.4. The van der Waals surface area contributed by atoms with Gasteiger partial charge in [0.1, 0.15) is 27.7 Å². The summed E-state index contributed by atoms with van der Waals surface area (Å²) in [6.07, 6.45) is 1.70. The third-order valence-electron chi connectivity index (χ3n) is 8.44. The zero-order chi connectivity index (χ0) is 41.2. The van der Waals surface area contributed by atoms with Gasteiger partial charge in [-0.1, -0.05) is 30.3 Å². The number of rotatable bonds is 8. The van der Waals surface area contributed by atoms with Crippen molar-refractivity contribution in [1.29, 1.82) is 0 Å². The van der Waals surface area contributed by atoms with E-state index < -0.39 is 44.1 Å². The van der Waals surface area contributed by atoms with Gasteiger partial charge in [-0.3, -0.25) is 14.1 Å². The Labute approximate surface area is 353 Å². The monoisotopic (exact) mass is 874 g/mol. The number of hydrogen-bond acceptors (Lipinski definition) is 12. The first-order chi connectivity index (χ1) is 27.0. The summed E-state index contributed by atoms with van der Waals surface area (Å²) in [5.41, 5.74) is 1.83. The van der Waals surface area contributed by atoms with Crippen molar-refractivity contribution in [3.8, 4) is 33.9 Å². The first-order valence-corrected chi connectivity index (χ1v) is 17.9. The van der Waals surface area contributed by atoms with Crippen molar-refractivity contribution in [2.45, 2.75) is 11.8 Å². The van der Waals surface area contributed by atoms with E-state index in [4.69, 9.17) is 4.42 Å². The van der Waals surface area contributed by atoms with Crippen LogP contribution < -0.4 is 10.7 Å². The Morgan fingerprint density at radius 3 is 2.21 bits per heavy atom. The van der Waals surface area contributed by atoms with E-state index in [1.54, 1.807) is 24.5 Å². The minimum atomic E-state index is -4.75. The number of phenols is 2. The largest absolute Gasteiger partial charge is 0.508 e. The van der Waals surface area contributed by atoms with Crippen LogP contribution in [0.15, 0.2) is 127 Å². The van der Waals surface area contributed by atoms with Gasteiger partial charge in [0.2, 0.25) is 5.91 Å². The number of aromatic hydroxyl groups is 2. The molecule has 7 rings (SSSR count). The van der Waals surface area contributed by atoms with Crippen LogP contribution in [0.1, 0.15) is 33.2 Å². The first-order valence-electron chi connectivity index (χ1n) is 16.4. The number of hydrogen-bond donors (Lipinski definition) is 5. The summed E-state index contributed by atoms with van der Waals surface area (Å²) < 4.78 is 39.0. The Kier molecular flexibility index (Phi) is 12.7. The Morgan fingerprint density at radius 2 is 1.57 bits per heavy atom. The van der Waals surface area contributed by atoms with Crippen LogP contribution in [0.4, 0.5) is 17.1 Å². The van der Waals surface area contributed by atoms with E-state index in [9.17, 15) is 52.3 Å². The SMILES string of the molecule is CC(=O)Nc1cccc2cc(S(=O)(=O)O)c(N=Nc3ccc([C-]=O)cc3)c(O)c12.[CH2-]C(=O)c1ccc(-c2c3ccc(=O)cc-3oc3cc(O)ccc23)c(C(=O)O)c1.[Y]. The molecule has 0 atom stereocenters. The molecule has 15 nitrogen and oxygen atoms in total. The van der Waals surface area contributed by atoms with E-state index in [-0.39, 0.29) is 88.5 Å². The fraction of sp³-hybridized carbons (Fsp3) is 0.0244. The molecule has 5 aromatic carbocycles. The van der Waals surface area contributed by atoms with Gasteiger partial charge in [0.05, 0.1) is 23.2 Å². The number of aromatic carboxylic acids is 1. The summed E-state index contributed by atoms with van der Waals surface area (Å²) in [5.74, 6) is -2.45. The van der Waals surface area contributed by atoms with Crippen molar-refractivity contribution in [3.05, 3.63) is 137 Å². The van der Waals surface area contributed by atoms with Gasteiger partial charge in [0.15, 0.2) is 11.2 Å². The molecule has 58 heavy (non-hydrogen) atoms. The van der Waals surface area contributed by atoms with Crippen LogP contribution in [0.5, 0.6) is 11.5 Å². The normalized spacial score (nSPS) is 11.1. The molecule has 0 saturated heterocycles. The van der Waals surface area contributed by atoms with Crippen LogP contribution in [0.25, 0.3) is 44.2 Å². The van der Waals surface area contributed by atoms with E-state index in [0.29, 0.717) is 27.7 Å². The fourth-order valence-electron chi connectivity index (χ4n) is 5.95. The van der Waals surface area contributed by atoms with Crippen molar-refractivity contribution in [2.75, 3.05) is 5.32 Å². The number of benzene rings is 6. The molecule has 5 N–H and O–H groups in total. The van der Waals surface area contributed by atoms with Crippen LogP contribution in [-0.4, -0.2) is 52.2 Å². The van der Waals surface area contributed by atoms with Crippen LogP contribution >= 0.6 is 0 Å². The quantitative estimate of drug-likeness (QED) is 0.0325. The molecular weight excluding hydrogens is 847 g/mol. The molecule has 1 aliphatic carbocycles. The number of carboxylic acid groups (broad SMARTS) is 1. The molecule has 0 saturated carbocycles. The van der Waals surface area contributed by atoms with Gasteiger partial charge in [-0.25, -0.2) is 4.79 Å². The number of amides is 1. The number of carboxylic acids is 1. The molecule has 0 aromatic heterocycles. The summed E-state index contributed by atoms with van der Waals surface area (Å²) in [6.45, 7) is 4.60. The zero-order valence-corrected chi connectivity index (χ0v) is 33.6. The Morgan fingerprint density at radius 1 is 0.862 bits per heavy atom. The maximum atomic E-state index is 11.9. The second-order valence-electron chi connectivity index (χ2n) is 12.3. The smallest absolute Gasteiger partial charge is 0.334 e. The van der Waals surface area contributed by atoms with Crippen molar-refractivity contribution in [3.63, 3.8) is 0 Å². The molecule has 0 bridgehead atoms. The average molecular weight is 875 g/mol. The molecule has 1 amide bonds. The van der Waals surface area contributed by atoms with Crippen molar-refractivity contribution in [1.82, 2.24) is 0 Å². The molecule has 2 aliphatic rings. The topological polar surface area (TPSA) is 250 Å². The fourth-order valence-corrected chi connectivity index (χ4v) is 6.61. The Bertz CT molecular complexity index is 2960. The molecule has 0 spiro atoms. The molecular formula is C41H27N3O12SY-2. The van der Waals surface area contributed by atoms with E-state index in [0.717, 1.165) is 6.07 Å². The summed E-state index contributed by atoms with van der Waals surface area (Å²) in [4.78, 5) is 56.7. The van der Waals surface area contributed by atoms with Gasteiger partial charge >= 0.3 is 5.97 Å². The number of carbonyl (C=O) groups is 3. The van der Waals surface area contributed by atoms with Crippen LogP contribution in [0.2, 0.25) is 0 Å². The maximum absolute atomic E-state index is 11.9. The predicted octanol–water partition coefficient (Wildman–Crippen LogP) is 7.61. The number of azo groups is 1. The third-order valence-corrected chi connectivity index (χ3v) is 9.30. The maximum Gasteiger partial charge on any atom is 0.334 e. The van der Waals surface area contributed by atoms with Gasteiger partial charge in [-0.15, -0.1) is 22.8 Å². The van der Waals surface area contributed by atoms with Gasteiger partial charge in [-0.05, 0) is 47.3 Å². The van der Waals surface area contributed by atoms with Crippen LogP contribution in [0.3, 0.4) is 0 Å². The zero-order valence-electron chi connectivity index (χ0n) is 30.0. The number of carbonyl (C=O) groups excluding carboxylic acids is 3. The van der Waals surface area contributed by atoms with E-state index in [2.05, 4.69) is 22.5 Å². The van der Waals surface area contributed by atoms with Gasteiger partial charge in [0.25, 0.3) is 10.1 Å². The summed E-state index contributed by atoms with van der Waals surface area (Å²) >= 11 is 0. The molecule has 1 heterocycles. The molecule has 289 valence electrons. The number of anilines is 1. The van der Waals surface area contributed by atoms with Gasteiger partial charge in [-0.2, -0.15) is 38.2 Å². The minimum absolute atomic E-state index is 0. The third kappa shape index (κ3) is 9.00. The van der Waals surface area contributed by atoms with Crippen molar-refractivity contribution >= 4 is 72.9 Å². The second-order valence-corrected chi connectivity index (χ2v) is 13.7. The average Bonchev–Trinajstić information content (AvgIpc) is 3.16. The van der Waals surface area contributed by atoms with Crippen molar-refractivity contribution in [2.24, 2.45) is 10.2 Å². The van der Waals surface area contributed by atoms with Gasteiger partial charge < -0.3 is 34.6 Å². The number of ketones is 1. The number of fused-ring (bicyclic) bond motifs is 3. The van der Waals surface area contributed by atoms with Gasteiger partial charge in [0, 0.05) is 79.4 Å². The number of nitrogens with one attached hydrogen (secondary N) is 1. The number of Topliss-reactive ketones (excluding diaryl/α,β-unsaturated/α-hetero) is 1. The van der Waals surface area contributed by atoms with Crippen molar-refractivity contribution < 1.29 is 84.6 Å². The molecule has 1 aliphatic heterocycles.